The Bertz CT molecular complexity index is 563. The summed E-state index contributed by atoms with van der Waals surface area (Å²) >= 11 is 3.66. The van der Waals surface area contributed by atoms with Gasteiger partial charge in [0.1, 0.15) is 12.2 Å². The van der Waals surface area contributed by atoms with Gasteiger partial charge >= 0.3 is 0 Å². The van der Waals surface area contributed by atoms with Crippen LogP contribution in [0.15, 0.2) is 17.5 Å². The van der Waals surface area contributed by atoms with Crippen molar-refractivity contribution in [3.8, 4) is 16.6 Å². The third kappa shape index (κ3) is 1.88. The van der Waals surface area contributed by atoms with Gasteiger partial charge in [-0.15, -0.1) is 11.3 Å². The van der Waals surface area contributed by atoms with E-state index in [0.717, 1.165) is 23.6 Å². The van der Waals surface area contributed by atoms with Crippen LogP contribution in [0.5, 0.6) is 0 Å². The first-order chi connectivity index (χ1) is 8.40. The molecule has 0 saturated carbocycles. The average molecular weight is 261 g/mol. The van der Waals surface area contributed by atoms with Gasteiger partial charge in [0.05, 0.1) is 10.9 Å². The molecule has 0 radical (unpaired) electrons. The highest BCUT2D eigenvalue weighted by Gasteiger charge is 2.22. The molecule has 3 rings (SSSR count). The monoisotopic (exact) mass is 261 g/mol. The van der Waals surface area contributed by atoms with Gasteiger partial charge < -0.3 is 0 Å². The predicted octanol–water partition coefficient (Wildman–Crippen LogP) is 2.92. The number of thiophene rings is 1. The summed E-state index contributed by atoms with van der Waals surface area (Å²) in [6, 6.07) is 6.34. The molecule has 2 aromatic rings. The third-order valence-electron chi connectivity index (χ3n) is 2.87. The Balaban J connectivity index is 2.13. The highest BCUT2D eigenvalue weighted by atomic mass is 32.2. The molecular formula is C12H11N3S2. The van der Waals surface area contributed by atoms with Crippen LogP contribution in [-0.4, -0.2) is 15.5 Å². The molecule has 0 fully saturated rings. The number of rotatable bonds is 2. The maximum absolute atomic E-state index is 8.85. The van der Waals surface area contributed by atoms with Crippen molar-refractivity contribution in [1.82, 2.24) is 9.78 Å². The molecule has 17 heavy (non-hydrogen) atoms. The lowest BCUT2D eigenvalue weighted by Crippen LogP contribution is -2.08. The largest absolute Gasteiger partial charge is 0.254 e. The molecule has 0 atom stereocenters. The zero-order valence-electron chi connectivity index (χ0n) is 9.22. The Morgan fingerprint density at radius 3 is 3.24 bits per heavy atom. The summed E-state index contributed by atoms with van der Waals surface area (Å²) in [6.45, 7) is 0.359. The van der Waals surface area contributed by atoms with E-state index in [1.807, 2.05) is 22.5 Å². The third-order valence-corrected chi connectivity index (χ3v) is 4.73. The van der Waals surface area contributed by atoms with Crippen LogP contribution in [0.25, 0.3) is 10.6 Å². The van der Waals surface area contributed by atoms with Crippen LogP contribution in [-0.2, 0) is 18.7 Å². The quantitative estimate of drug-likeness (QED) is 0.834. The van der Waals surface area contributed by atoms with E-state index in [2.05, 4.69) is 22.6 Å². The minimum absolute atomic E-state index is 0.359. The Morgan fingerprint density at radius 2 is 2.47 bits per heavy atom. The molecule has 1 aliphatic heterocycles. The van der Waals surface area contributed by atoms with E-state index in [9.17, 15) is 0 Å². The Morgan fingerprint density at radius 1 is 1.53 bits per heavy atom. The average Bonchev–Trinajstić information content (AvgIpc) is 2.97. The van der Waals surface area contributed by atoms with Gasteiger partial charge in [-0.05, 0) is 23.6 Å². The number of nitriles is 1. The minimum atomic E-state index is 0.359. The Kier molecular flexibility index (Phi) is 2.91. The smallest absolute Gasteiger partial charge is 0.128 e. The zero-order chi connectivity index (χ0) is 11.7. The predicted molar refractivity (Wildman–Crippen MR) is 71.0 cm³/mol. The Hall–Kier alpha value is -1.25. The fraction of sp³-hybridized carbons (Fsp3) is 0.333. The first-order valence-corrected chi connectivity index (χ1v) is 7.50. The first kappa shape index (κ1) is 10.9. The molecule has 0 spiro atoms. The molecule has 3 heterocycles. The summed E-state index contributed by atoms with van der Waals surface area (Å²) < 4.78 is 1.88. The molecule has 0 aromatic carbocycles. The van der Waals surface area contributed by atoms with Crippen molar-refractivity contribution >= 4 is 23.1 Å². The summed E-state index contributed by atoms with van der Waals surface area (Å²) in [5.74, 6) is 2.15. The number of thioether (sulfide) groups is 1. The van der Waals surface area contributed by atoms with Crippen LogP contribution in [0.1, 0.15) is 11.3 Å². The molecular weight excluding hydrogens is 250 g/mol. The Labute approximate surface area is 108 Å². The van der Waals surface area contributed by atoms with Crippen LogP contribution in [0.3, 0.4) is 0 Å². The molecule has 0 unspecified atom stereocenters. The lowest BCUT2D eigenvalue weighted by Gasteiger charge is -2.12. The molecule has 5 heteroatoms. The fourth-order valence-corrected chi connectivity index (χ4v) is 3.84. The van der Waals surface area contributed by atoms with E-state index < -0.39 is 0 Å². The molecule has 1 aliphatic rings. The SMILES string of the molecule is N#CCn1nc(-c2cccs2)c2c1CCSC2. The van der Waals surface area contributed by atoms with Crippen LogP contribution in [0.4, 0.5) is 0 Å². The topological polar surface area (TPSA) is 41.6 Å². The van der Waals surface area contributed by atoms with Crippen molar-refractivity contribution < 1.29 is 0 Å². The number of aromatic nitrogens is 2. The molecule has 86 valence electrons. The van der Waals surface area contributed by atoms with E-state index >= 15 is 0 Å². The van der Waals surface area contributed by atoms with E-state index in [1.54, 1.807) is 11.3 Å². The lowest BCUT2D eigenvalue weighted by molar-refractivity contribution is 0.669. The number of hydrogen-bond acceptors (Lipinski definition) is 4. The summed E-state index contributed by atoms with van der Waals surface area (Å²) in [6.07, 6.45) is 1.03. The molecule has 3 nitrogen and oxygen atoms in total. The van der Waals surface area contributed by atoms with Gasteiger partial charge in [0.15, 0.2) is 0 Å². The summed E-state index contributed by atoms with van der Waals surface area (Å²) in [4.78, 5) is 1.21. The minimum Gasteiger partial charge on any atom is -0.254 e. The molecule has 2 aromatic heterocycles. The summed E-state index contributed by atoms with van der Waals surface area (Å²) in [7, 11) is 0. The van der Waals surface area contributed by atoms with Crippen molar-refractivity contribution in [2.45, 2.75) is 18.7 Å². The maximum Gasteiger partial charge on any atom is 0.128 e. The summed E-state index contributed by atoms with van der Waals surface area (Å²) in [5.41, 5.74) is 3.67. The molecule has 0 aliphatic carbocycles. The van der Waals surface area contributed by atoms with E-state index in [-0.39, 0.29) is 0 Å². The van der Waals surface area contributed by atoms with Crippen LogP contribution < -0.4 is 0 Å². The van der Waals surface area contributed by atoms with Gasteiger partial charge in [-0.25, -0.2) is 0 Å². The van der Waals surface area contributed by atoms with Gasteiger partial charge in [-0.3, -0.25) is 4.68 Å². The van der Waals surface area contributed by atoms with Crippen molar-refractivity contribution in [3.63, 3.8) is 0 Å². The highest BCUT2D eigenvalue weighted by Crippen LogP contribution is 2.34. The number of fused-ring (bicyclic) bond motifs is 1. The molecule has 0 bridgehead atoms. The van der Waals surface area contributed by atoms with E-state index in [0.29, 0.717) is 6.54 Å². The van der Waals surface area contributed by atoms with Crippen molar-refractivity contribution in [3.05, 3.63) is 28.8 Å². The lowest BCUT2D eigenvalue weighted by atomic mass is 10.1. The molecule has 0 N–H and O–H groups in total. The standard InChI is InChI=1S/C12H11N3S2/c13-4-5-15-10-3-7-16-8-9(10)12(14-15)11-2-1-6-17-11/h1-2,6H,3,5,7-8H2. The normalized spacial score (nSPS) is 14.3. The van der Waals surface area contributed by atoms with Crippen LogP contribution >= 0.6 is 23.1 Å². The second-order valence-corrected chi connectivity index (χ2v) is 5.92. The summed E-state index contributed by atoms with van der Waals surface area (Å²) in [5, 5.41) is 15.5. The first-order valence-electron chi connectivity index (χ1n) is 5.47. The van der Waals surface area contributed by atoms with Crippen molar-refractivity contribution in [1.29, 1.82) is 5.26 Å². The van der Waals surface area contributed by atoms with E-state index in [1.165, 1.54) is 16.1 Å². The fourth-order valence-electron chi connectivity index (χ4n) is 2.12. The van der Waals surface area contributed by atoms with Gasteiger partial charge in [0.25, 0.3) is 0 Å². The number of hydrogen-bond donors (Lipinski definition) is 0. The second-order valence-electron chi connectivity index (χ2n) is 3.87. The molecule has 0 amide bonds. The van der Waals surface area contributed by atoms with Crippen LogP contribution in [0, 0.1) is 11.3 Å². The van der Waals surface area contributed by atoms with E-state index in [4.69, 9.17) is 5.26 Å². The van der Waals surface area contributed by atoms with Gasteiger partial charge in [0.2, 0.25) is 0 Å². The van der Waals surface area contributed by atoms with Gasteiger partial charge in [-0.1, -0.05) is 6.07 Å². The number of nitrogens with zero attached hydrogens (tertiary/aromatic N) is 3. The van der Waals surface area contributed by atoms with Gasteiger partial charge in [0, 0.05) is 17.0 Å². The highest BCUT2D eigenvalue weighted by molar-refractivity contribution is 7.98. The van der Waals surface area contributed by atoms with Gasteiger partial charge in [-0.2, -0.15) is 22.1 Å². The van der Waals surface area contributed by atoms with Crippen molar-refractivity contribution in [2.24, 2.45) is 0 Å². The van der Waals surface area contributed by atoms with Crippen LogP contribution in [0.2, 0.25) is 0 Å². The molecule has 0 saturated heterocycles. The van der Waals surface area contributed by atoms with Crippen molar-refractivity contribution in [2.75, 3.05) is 5.75 Å². The maximum atomic E-state index is 8.85. The zero-order valence-corrected chi connectivity index (χ0v) is 10.9. The second kappa shape index (κ2) is 4.55.